The fourth-order valence-electron chi connectivity index (χ4n) is 2.56. The highest BCUT2D eigenvalue weighted by Gasteiger charge is 2.27. The molecule has 5 nitrogen and oxygen atoms in total. The van der Waals surface area contributed by atoms with Crippen LogP contribution in [0.1, 0.15) is 64.7 Å². The summed E-state index contributed by atoms with van der Waals surface area (Å²) >= 11 is 0. The Hall–Kier alpha value is -1.26. The Bertz CT molecular complexity index is 306. The van der Waals surface area contributed by atoms with Crippen LogP contribution in [0.15, 0.2) is 0 Å². The predicted molar refractivity (Wildman–Crippen MR) is 76.7 cm³/mol. The molecule has 1 amide bonds. The lowest BCUT2D eigenvalue weighted by molar-refractivity contribution is -0.145. The summed E-state index contributed by atoms with van der Waals surface area (Å²) in [5.74, 6) is -0.197. The zero-order valence-electron chi connectivity index (χ0n) is 12.5. The molecule has 1 heterocycles. The summed E-state index contributed by atoms with van der Waals surface area (Å²) in [6.07, 6.45) is 7.72. The predicted octanol–water partition coefficient (Wildman–Crippen LogP) is 3.42. The average molecular weight is 285 g/mol. The summed E-state index contributed by atoms with van der Waals surface area (Å²) in [5.41, 5.74) is 0. The molecule has 0 radical (unpaired) electrons. The second-order valence-corrected chi connectivity index (χ2v) is 5.47. The summed E-state index contributed by atoms with van der Waals surface area (Å²) in [6.45, 7) is 2.92. The van der Waals surface area contributed by atoms with Gasteiger partial charge in [0, 0.05) is 13.0 Å². The first kappa shape index (κ1) is 16.8. The number of hydrogen-bond donors (Lipinski definition) is 1. The Balaban J connectivity index is 2.17. The molecule has 1 aliphatic rings. The van der Waals surface area contributed by atoms with Gasteiger partial charge in [0.05, 0.1) is 6.04 Å². The normalized spacial score (nSPS) is 18.9. The van der Waals surface area contributed by atoms with E-state index in [9.17, 15) is 9.59 Å². The Kier molecular flexibility index (Phi) is 8.07. The van der Waals surface area contributed by atoms with E-state index in [1.165, 1.54) is 24.2 Å². The highest BCUT2D eigenvalue weighted by atomic mass is 16.5. The molecule has 0 aliphatic carbocycles. The van der Waals surface area contributed by atoms with Crippen molar-refractivity contribution in [1.82, 2.24) is 4.90 Å². The van der Waals surface area contributed by atoms with Crippen molar-refractivity contribution in [3.8, 4) is 0 Å². The molecule has 0 spiro atoms. The molecular weight excluding hydrogens is 258 g/mol. The van der Waals surface area contributed by atoms with Crippen molar-refractivity contribution >= 4 is 12.1 Å². The largest absolute Gasteiger partial charge is 0.465 e. The number of piperidine rings is 1. The van der Waals surface area contributed by atoms with Crippen LogP contribution in [-0.2, 0) is 9.53 Å². The van der Waals surface area contributed by atoms with Crippen LogP contribution < -0.4 is 0 Å². The maximum Gasteiger partial charge on any atom is 0.407 e. The molecule has 1 rings (SSSR count). The van der Waals surface area contributed by atoms with Crippen molar-refractivity contribution in [2.45, 2.75) is 70.8 Å². The monoisotopic (exact) mass is 285 g/mol. The number of likely N-dealkylation sites (tertiary alicyclic amines) is 1. The summed E-state index contributed by atoms with van der Waals surface area (Å²) in [7, 11) is 0. The molecule has 1 fully saturated rings. The Morgan fingerprint density at radius 3 is 2.65 bits per heavy atom. The van der Waals surface area contributed by atoms with Crippen LogP contribution in [0.5, 0.6) is 0 Å². The molecule has 0 aromatic rings. The molecule has 116 valence electrons. The minimum absolute atomic E-state index is 0.162. The van der Waals surface area contributed by atoms with Gasteiger partial charge >= 0.3 is 12.1 Å². The van der Waals surface area contributed by atoms with Crippen LogP contribution in [0.3, 0.4) is 0 Å². The Morgan fingerprint density at radius 2 is 1.95 bits per heavy atom. The number of hydrogen-bond acceptors (Lipinski definition) is 3. The van der Waals surface area contributed by atoms with E-state index in [-0.39, 0.29) is 18.6 Å². The first-order valence-corrected chi connectivity index (χ1v) is 7.80. The summed E-state index contributed by atoms with van der Waals surface area (Å²) in [6, 6.07) is -0.162. The van der Waals surface area contributed by atoms with E-state index in [1.54, 1.807) is 0 Å². The molecule has 1 unspecified atom stereocenters. The number of amides is 1. The second kappa shape index (κ2) is 9.61. The fourth-order valence-corrected chi connectivity index (χ4v) is 2.56. The van der Waals surface area contributed by atoms with Crippen LogP contribution >= 0.6 is 0 Å². The molecule has 0 aromatic heterocycles. The maximum atomic E-state index is 11.6. The van der Waals surface area contributed by atoms with E-state index in [0.29, 0.717) is 13.0 Å². The zero-order valence-corrected chi connectivity index (χ0v) is 12.5. The minimum atomic E-state index is -0.912. The van der Waals surface area contributed by atoms with Crippen molar-refractivity contribution in [2.24, 2.45) is 0 Å². The van der Waals surface area contributed by atoms with Gasteiger partial charge in [-0.15, -0.1) is 0 Å². The van der Waals surface area contributed by atoms with E-state index in [1.807, 2.05) is 0 Å². The highest BCUT2D eigenvalue weighted by Crippen LogP contribution is 2.17. The summed E-state index contributed by atoms with van der Waals surface area (Å²) in [5, 5.41) is 9.08. The van der Waals surface area contributed by atoms with Gasteiger partial charge < -0.3 is 14.7 Å². The molecule has 5 heteroatoms. The van der Waals surface area contributed by atoms with Crippen molar-refractivity contribution in [3.05, 3.63) is 0 Å². The number of unbranched alkanes of at least 4 members (excludes halogenated alkanes) is 4. The first-order valence-electron chi connectivity index (χ1n) is 7.80. The number of ether oxygens (including phenoxy) is 1. The molecule has 1 atom stereocenters. The van der Waals surface area contributed by atoms with Crippen molar-refractivity contribution in [3.63, 3.8) is 0 Å². The average Bonchev–Trinajstić information content (AvgIpc) is 2.45. The lowest BCUT2D eigenvalue weighted by Gasteiger charge is -2.32. The quantitative estimate of drug-likeness (QED) is 0.548. The van der Waals surface area contributed by atoms with Gasteiger partial charge in [0.2, 0.25) is 0 Å². The third-order valence-electron chi connectivity index (χ3n) is 3.79. The Labute approximate surface area is 121 Å². The van der Waals surface area contributed by atoms with Crippen LogP contribution in [0.25, 0.3) is 0 Å². The van der Waals surface area contributed by atoms with Crippen LogP contribution in [0.2, 0.25) is 0 Å². The molecule has 1 aliphatic heterocycles. The van der Waals surface area contributed by atoms with Gasteiger partial charge in [-0.1, -0.05) is 32.6 Å². The highest BCUT2D eigenvalue weighted by molar-refractivity contribution is 5.69. The maximum absolute atomic E-state index is 11.6. The standard InChI is InChI=1S/C15H27NO4/c1-2-3-4-5-6-10-14(17)20-12-13-9-7-8-11-16(13)15(18)19/h13H,2-12H2,1H3,(H,18,19). The smallest absolute Gasteiger partial charge is 0.407 e. The molecule has 20 heavy (non-hydrogen) atoms. The van der Waals surface area contributed by atoms with Gasteiger partial charge in [-0.3, -0.25) is 4.79 Å². The summed E-state index contributed by atoms with van der Waals surface area (Å²) < 4.78 is 5.22. The topological polar surface area (TPSA) is 66.8 Å². The third-order valence-corrected chi connectivity index (χ3v) is 3.79. The van der Waals surface area contributed by atoms with E-state index in [0.717, 1.165) is 32.1 Å². The lowest BCUT2D eigenvalue weighted by Crippen LogP contribution is -2.45. The number of carboxylic acid groups (broad SMARTS) is 1. The van der Waals surface area contributed by atoms with Gasteiger partial charge in [0.1, 0.15) is 6.61 Å². The number of rotatable bonds is 8. The van der Waals surface area contributed by atoms with Crippen LogP contribution in [-0.4, -0.2) is 41.3 Å². The zero-order chi connectivity index (χ0) is 14.8. The third kappa shape index (κ3) is 6.26. The fraction of sp³-hybridized carbons (Fsp3) is 0.867. The SMILES string of the molecule is CCCCCCCC(=O)OCC1CCCCN1C(=O)O. The molecule has 1 saturated heterocycles. The van der Waals surface area contributed by atoms with Gasteiger partial charge in [-0.2, -0.15) is 0 Å². The van der Waals surface area contributed by atoms with E-state index in [4.69, 9.17) is 9.84 Å². The summed E-state index contributed by atoms with van der Waals surface area (Å²) in [4.78, 5) is 24.1. The molecular formula is C15H27NO4. The van der Waals surface area contributed by atoms with Crippen LogP contribution in [0.4, 0.5) is 4.79 Å². The molecule has 0 saturated carbocycles. The van der Waals surface area contributed by atoms with Gasteiger partial charge in [-0.25, -0.2) is 4.79 Å². The Morgan fingerprint density at radius 1 is 1.20 bits per heavy atom. The number of carbonyl (C=O) groups excluding carboxylic acids is 1. The van der Waals surface area contributed by atoms with E-state index >= 15 is 0 Å². The van der Waals surface area contributed by atoms with E-state index in [2.05, 4.69) is 6.92 Å². The van der Waals surface area contributed by atoms with Crippen molar-refractivity contribution < 1.29 is 19.4 Å². The lowest BCUT2D eigenvalue weighted by atomic mass is 10.0. The van der Waals surface area contributed by atoms with Crippen molar-refractivity contribution in [2.75, 3.05) is 13.2 Å². The number of esters is 1. The van der Waals surface area contributed by atoms with Crippen molar-refractivity contribution in [1.29, 1.82) is 0 Å². The van der Waals surface area contributed by atoms with Crippen LogP contribution in [0, 0.1) is 0 Å². The van der Waals surface area contributed by atoms with E-state index < -0.39 is 6.09 Å². The molecule has 1 N–H and O–H groups in total. The van der Waals surface area contributed by atoms with Gasteiger partial charge in [0.15, 0.2) is 0 Å². The molecule has 0 bridgehead atoms. The van der Waals surface area contributed by atoms with Gasteiger partial charge in [-0.05, 0) is 25.7 Å². The minimum Gasteiger partial charge on any atom is -0.465 e. The number of nitrogens with zero attached hydrogens (tertiary/aromatic N) is 1. The second-order valence-electron chi connectivity index (χ2n) is 5.47. The number of carbonyl (C=O) groups is 2. The molecule has 0 aromatic carbocycles. The first-order chi connectivity index (χ1) is 9.65. The van der Waals surface area contributed by atoms with Gasteiger partial charge in [0.25, 0.3) is 0 Å².